The summed E-state index contributed by atoms with van der Waals surface area (Å²) in [5, 5.41) is 2.16. The molecule has 0 fully saturated rings. The second-order valence-electron chi connectivity index (χ2n) is 4.25. The number of rotatable bonds is 2. The van der Waals surface area contributed by atoms with Crippen LogP contribution in [0.2, 0.25) is 0 Å². The fourth-order valence-electron chi connectivity index (χ4n) is 2.36. The zero-order valence-corrected chi connectivity index (χ0v) is 9.91. The number of hydrogen-bond acceptors (Lipinski definition) is 1. The molecule has 80 valence electrons. The monoisotopic (exact) mass is 226 g/mol. The van der Waals surface area contributed by atoms with E-state index in [1.54, 1.807) is 0 Å². The van der Waals surface area contributed by atoms with Crippen LogP contribution < -0.4 is 0 Å². The van der Waals surface area contributed by atoms with Gasteiger partial charge in [0.25, 0.3) is 0 Å². The van der Waals surface area contributed by atoms with Crippen molar-refractivity contribution < 1.29 is 0 Å². The fourth-order valence-corrected chi connectivity index (χ4v) is 3.14. The third-order valence-corrected chi connectivity index (χ3v) is 4.17. The molecule has 3 rings (SSSR count). The first-order valence-corrected chi connectivity index (χ1v) is 6.59. The van der Waals surface area contributed by atoms with Gasteiger partial charge in [0.1, 0.15) is 0 Å². The van der Waals surface area contributed by atoms with Gasteiger partial charge in [-0.2, -0.15) is 0 Å². The smallest absolute Gasteiger partial charge is 0.0299 e. The first kappa shape index (κ1) is 9.86. The minimum atomic E-state index is 0.693. The van der Waals surface area contributed by atoms with Crippen molar-refractivity contribution in [1.82, 2.24) is 0 Å². The molecule has 16 heavy (non-hydrogen) atoms. The largest absolute Gasteiger partial charge is 0.144 e. The first-order valence-electron chi connectivity index (χ1n) is 5.71. The highest BCUT2D eigenvalue weighted by atomic mass is 32.1. The van der Waals surface area contributed by atoms with Crippen LogP contribution in [0.4, 0.5) is 0 Å². The van der Waals surface area contributed by atoms with E-state index in [-0.39, 0.29) is 0 Å². The van der Waals surface area contributed by atoms with Crippen molar-refractivity contribution in [2.24, 2.45) is 0 Å². The quantitative estimate of drug-likeness (QED) is 0.695. The van der Waals surface area contributed by atoms with Gasteiger partial charge in [0.2, 0.25) is 0 Å². The molecular formula is C15H14S. The molecule has 1 aliphatic rings. The lowest BCUT2D eigenvalue weighted by Gasteiger charge is -2.09. The summed E-state index contributed by atoms with van der Waals surface area (Å²) < 4.78 is 0. The summed E-state index contributed by atoms with van der Waals surface area (Å²) in [5.74, 6) is 0.693. The first-order chi connectivity index (χ1) is 7.93. The minimum Gasteiger partial charge on any atom is -0.144 e. The molecule has 0 amide bonds. The molecule has 0 nitrogen and oxygen atoms in total. The van der Waals surface area contributed by atoms with Crippen molar-refractivity contribution in [3.63, 3.8) is 0 Å². The van der Waals surface area contributed by atoms with Gasteiger partial charge in [0, 0.05) is 4.88 Å². The second kappa shape index (κ2) is 4.26. The average Bonchev–Trinajstić information content (AvgIpc) is 3.01. The molecule has 1 heterocycles. The molecule has 0 saturated heterocycles. The van der Waals surface area contributed by atoms with Crippen molar-refractivity contribution in [1.29, 1.82) is 0 Å². The molecule has 1 unspecified atom stereocenters. The van der Waals surface area contributed by atoms with E-state index >= 15 is 0 Å². The molecule has 0 aliphatic heterocycles. The van der Waals surface area contributed by atoms with E-state index in [1.807, 2.05) is 11.3 Å². The Morgan fingerprint density at radius 2 is 1.88 bits per heavy atom. The lowest BCUT2D eigenvalue weighted by molar-refractivity contribution is 0.759. The van der Waals surface area contributed by atoms with Gasteiger partial charge in [-0.15, -0.1) is 11.3 Å². The molecule has 1 aromatic carbocycles. The highest BCUT2D eigenvalue weighted by Crippen LogP contribution is 2.39. The average molecular weight is 226 g/mol. The van der Waals surface area contributed by atoms with E-state index in [2.05, 4.69) is 53.9 Å². The van der Waals surface area contributed by atoms with Crippen LogP contribution >= 0.6 is 11.3 Å². The number of allylic oxidation sites excluding steroid dienone is 2. The zero-order valence-electron chi connectivity index (χ0n) is 9.10. The van der Waals surface area contributed by atoms with E-state index in [1.165, 1.54) is 28.9 Å². The maximum absolute atomic E-state index is 2.41. The highest BCUT2D eigenvalue weighted by molar-refractivity contribution is 7.11. The molecule has 0 radical (unpaired) electrons. The zero-order chi connectivity index (χ0) is 10.8. The number of benzene rings is 1. The van der Waals surface area contributed by atoms with Gasteiger partial charge in [-0.1, -0.05) is 42.5 Å². The SMILES string of the molecule is C1=C(c2cccs2)CC(c2ccccc2)C1. The van der Waals surface area contributed by atoms with Crippen molar-refractivity contribution in [3.05, 3.63) is 64.4 Å². The standard InChI is InChI=1S/C15H14S/c1-2-5-12(6-3-1)13-8-9-14(11-13)15-7-4-10-16-15/h1-7,9-10,13H,8,11H2. The maximum atomic E-state index is 2.41. The van der Waals surface area contributed by atoms with Crippen LogP contribution in [0.25, 0.3) is 5.57 Å². The van der Waals surface area contributed by atoms with Crippen LogP contribution in [0.5, 0.6) is 0 Å². The summed E-state index contributed by atoms with van der Waals surface area (Å²) in [5.41, 5.74) is 3.01. The van der Waals surface area contributed by atoms with Crippen molar-refractivity contribution in [3.8, 4) is 0 Å². The fraction of sp³-hybridized carbons (Fsp3) is 0.200. The van der Waals surface area contributed by atoms with E-state index in [9.17, 15) is 0 Å². The molecule has 0 bridgehead atoms. The Morgan fingerprint density at radius 1 is 1.00 bits per heavy atom. The third-order valence-electron chi connectivity index (χ3n) is 3.22. The van der Waals surface area contributed by atoms with Gasteiger partial charge in [-0.25, -0.2) is 0 Å². The third kappa shape index (κ3) is 1.83. The topological polar surface area (TPSA) is 0 Å². The van der Waals surface area contributed by atoms with E-state index in [0.29, 0.717) is 5.92 Å². The van der Waals surface area contributed by atoms with Crippen LogP contribution in [0.1, 0.15) is 29.2 Å². The van der Waals surface area contributed by atoms with Gasteiger partial charge >= 0.3 is 0 Å². The van der Waals surface area contributed by atoms with E-state index < -0.39 is 0 Å². The summed E-state index contributed by atoms with van der Waals surface area (Å²) in [6.07, 6.45) is 4.80. The maximum Gasteiger partial charge on any atom is 0.0299 e. The second-order valence-corrected chi connectivity index (χ2v) is 5.20. The molecule has 0 saturated carbocycles. The van der Waals surface area contributed by atoms with E-state index in [0.717, 1.165) is 0 Å². The van der Waals surface area contributed by atoms with Crippen molar-refractivity contribution in [2.45, 2.75) is 18.8 Å². The predicted octanol–water partition coefficient (Wildman–Crippen LogP) is 4.71. The Morgan fingerprint density at radius 3 is 2.62 bits per heavy atom. The van der Waals surface area contributed by atoms with Crippen LogP contribution in [0.15, 0.2) is 53.9 Å². The van der Waals surface area contributed by atoms with Crippen LogP contribution in [0, 0.1) is 0 Å². The van der Waals surface area contributed by atoms with Gasteiger partial charge in [0.15, 0.2) is 0 Å². The Kier molecular flexibility index (Phi) is 2.63. The van der Waals surface area contributed by atoms with Gasteiger partial charge in [-0.3, -0.25) is 0 Å². The molecule has 1 atom stereocenters. The molecule has 1 heteroatoms. The molecule has 0 spiro atoms. The lowest BCUT2D eigenvalue weighted by Crippen LogP contribution is -1.92. The minimum absolute atomic E-state index is 0.693. The molecule has 0 N–H and O–H groups in total. The Labute approximate surface area is 100 Å². The lowest BCUT2D eigenvalue weighted by atomic mass is 9.96. The predicted molar refractivity (Wildman–Crippen MR) is 70.7 cm³/mol. The van der Waals surface area contributed by atoms with Gasteiger partial charge < -0.3 is 0 Å². The van der Waals surface area contributed by atoms with E-state index in [4.69, 9.17) is 0 Å². The summed E-state index contributed by atoms with van der Waals surface area (Å²) in [6, 6.07) is 15.2. The normalized spacial score (nSPS) is 19.8. The Bertz CT molecular complexity index is 479. The number of hydrogen-bond donors (Lipinski definition) is 0. The summed E-state index contributed by atoms with van der Waals surface area (Å²) >= 11 is 1.85. The van der Waals surface area contributed by atoms with Crippen molar-refractivity contribution >= 4 is 16.9 Å². The summed E-state index contributed by atoms with van der Waals surface area (Å²) in [6.45, 7) is 0. The number of thiophene rings is 1. The molecule has 1 aliphatic carbocycles. The Hall–Kier alpha value is -1.34. The van der Waals surface area contributed by atoms with Gasteiger partial charge in [-0.05, 0) is 41.3 Å². The van der Waals surface area contributed by atoms with Crippen LogP contribution in [-0.4, -0.2) is 0 Å². The summed E-state index contributed by atoms with van der Waals surface area (Å²) in [4.78, 5) is 1.44. The van der Waals surface area contributed by atoms with Crippen LogP contribution in [0.3, 0.4) is 0 Å². The van der Waals surface area contributed by atoms with Crippen molar-refractivity contribution in [2.75, 3.05) is 0 Å². The molecular weight excluding hydrogens is 212 g/mol. The van der Waals surface area contributed by atoms with Gasteiger partial charge in [0.05, 0.1) is 0 Å². The molecule has 1 aromatic heterocycles. The molecule has 2 aromatic rings. The Balaban J connectivity index is 1.78. The summed E-state index contributed by atoms with van der Waals surface area (Å²) in [7, 11) is 0. The highest BCUT2D eigenvalue weighted by Gasteiger charge is 2.19. The van der Waals surface area contributed by atoms with Crippen LogP contribution in [-0.2, 0) is 0 Å².